The van der Waals surface area contributed by atoms with Crippen molar-refractivity contribution in [2.45, 2.75) is 33.7 Å². The third-order valence-electron chi connectivity index (χ3n) is 4.10. The van der Waals surface area contributed by atoms with Crippen molar-refractivity contribution >= 4 is 5.96 Å². The lowest BCUT2D eigenvalue weighted by Gasteiger charge is -2.19. The Kier molecular flexibility index (Phi) is 12.3. The van der Waals surface area contributed by atoms with Gasteiger partial charge in [-0.3, -0.25) is 0 Å². The fourth-order valence-corrected chi connectivity index (χ4v) is 2.53. The van der Waals surface area contributed by atoms with Gasteiger partial charge in [-0.2, -0.15) is 0 Å². The van der Waals surface area contributed by atoms with Crippen molar-refractivity contribution in [1.82, 2.24) is 15.5 Å². The number of nitrogens with zero attached hydrogens (tertiary/aromatic N) is 2. The van der Waals surface area contributed by atoms with Gasteiger partial charge in [-0.15, -0.1) is 0 Å². The number of aliphatic imine (C=N–C) groups is 1. The second-order valence-corrected chi connectivity index (χ2v) is 5.95. The average molecular weight is 365 g/mol. The van der Waals surface area contributed by atoms with E-state index in [2.05, 4.69) is 47.4 Å². The molecule has 0 unspecified atom stereocenters. The third kappa shape index (κ3) is 9.06. The van der Waals surface area contributed by atoms with Gasteiger partial charge in [-0.05, 0) is 32.5 Å². The number of guanidine groups is 1. The summed E-state index contributed by atoms with van der Waals surface area (Å²) in [6, 6.07) is 8.13. The number of hydrogen-bond donors (Lipinski definition) is 2. The predicted octanol–water partition coefficient (Wildman–Crippen LogP) is 2.50. The summed E-state index contributed by atoms with van der Waals surface area (Å²) in [5.41, 5.74) is 1.10. The fourth-order valence-electron chi connectivity index (χ4n) is 2.53. The van der Waals surface area contributed by atoms with Crippen LogP contribution in [-0.2, 0) is 11.3 Å². The van der Waals surface area contributed by atoms with Crippen LogP contribution in [0.5, 0.6) is 5.75 Å². The topological polar surface area (TPSA) is 58.1 Å². The molecule has 0 spiro atoms. The highest BCUT2D eigenvalue weighted by Gasteiger charge is 2.05. The molecule has 0 fully saturated rings. The first kappa shape index (κ1) is 22.3. The van der Waals surface area contributed by atoms with E-state index in [1.165, 1.54) is 0 Å². The van der Waals surface area contributed by atoms with Gasteiger partial charge in [-0.25, -0.2) is 4.99 Å². The Balaban J connectivity index is 2.60. The molecule has 0 amide bonds. The van der Waals surface area contributed by atoms with E-state index < -0.39 is 0 Å². The van der Waals surface area contributed by atoms with E-state index in [0.717, 1.165) is 63.0 Å². The smallest absolute Gasteiger partial charge is 0.191 e. The summed E-state index contributed by atoms with van der Waals surface area (Å²) in [4.78, 5) is 7.04. The van der Waals surface area contributed by atoms with Gasteiger partial charge in [0, 0.05) is 38.9 Å². The molecule has 0 atom stereocenters. The lowest BCUT2D eigenvalue weighted by molar-refractivity contribution is 0.195. The van der Waals surface area contributed by atoms with E-state index in [-0.39, 0.29) is 0 Å². The van der Waals surface area contributed by atoms with Gasteiger partial charge in [0.2, 0.25) is 0 Å². The highest BCUT2D eigenvalue weighted by atomic mass is 16.5. The Bertz CT molecular complexity index is 504. The molecule has 0 bridgehead atoms. The molecule has 0 saturated carbocycles. The minimum Gasteiger partial charge on any atom is -0.492 e. The van der Waals surface area contributed by atoms with Gasteiger partial charge in [-0.1, -0.05) is 32.0 Å². The van der Waals surface area contributed by atoms with Gasteiger partial charge in [0.1, 0.15) is 12.4 Å². The van der Waals surface area contributed by atoms with Crippen LogP contribution in [0.1, 0.15) is 32.8 Å². The molecular weight excluding hydrogens is 328 g/mol. The van der Waals surface area contributed by atoms with Crippen LogP contribution < -0.4 is 15.4 Å². The first-order valence-corrected chi connectivity index (χ1v) is 9.69. The molecule has 2 N–H and O–H groups in total. The fraction of sp³-hybridized carbons (Fsp3) is 0.650. The predicted molar refractivity (Wildman–Crippen MR) is 109 cm³/mol. The van der Waals surface area contributed by atoms with Crippen molar-refractivity contribution in [2.24, 2.45) is 4.99 Å². The normalized spacial score (nSPS) is 11.7. The molecule has 1 aromatic rings. The van der Waals surface area contributed by atoms with Crippen molar-refractivity contribution < 1.29 is 9.47 Å². The molecule has 6 heteroatoms. The molecule has 0 aliphatic rings. The molecule has 1 rings (SSSR count). The summed E-state index contributed by atoms with van der Waals surface area (Å²) in [7, 11) is 1.72. The first-order chi connectivity index (χ1) is 12.7. The SMILES string of the molecule is CCNC(=NCc1ccccc1OCCN(CC)CC)NCCCOC. The van der Waals surface area contributed by atoms with Crippen molar-refractivity contribution in [3.8, 4) is 5.75 Å². The number of rotatable bonds is 13. The Morgan fingerprint density at radius 1 is 1.08 bits per heavy atom. The minimum atomic E-state index is 0.584. The van der Waals surface area contributed by atoms with Gasteiger partial charge < -0.3 is 25.0 Å². The van der Waals surface area contributed by atoms with Crippen LogP contribution in [0.2, 0.25) is 0 Å². The summed E-state index contributed by atoms with van der Waals surface area (Å²) >= 11 is 0. The van der Waals surface area contributed by atoms with Crippen molar-refractivity contribution in [3.05, 3.63) is 29.8 Å². The standard InChI is InChI=1S/C20H36N4O2/c1-5-21-20(22-13-10-15-25-4)23-17-18-11-8-9-12-19(18)26-16-14-24(6-2)7-3/h8-9,11-12H,5-7,10,13-17H2,1-4H3,(H2,21,22,23). The van der Waals surface area contributed by atoms with Crippen LogP contribution in [0.25, 0.3) is 0 Å². The summed E-state index contributed by atoms with van der Waals surface area (Å²) < 4.78 is 11.1. The molecule has 0 aliphatic heterocycles. The maximum Gasteiger partial charge on any atom is 0.191 e. The lowest BCUT2D eigenvalue weighted by Crippen LogP contribution is -2.38. The van der Waals surface area contributed by atoms with Crippen molar-refractivity contribution in [2.75, 3.05) is 53.0 Å². The van der Waals surface area contributed by atoms with Crippen LogP contribution in [0, 0.1) is 0 Å². The number of benzene rings is 1. The van der Waals surface area contributed by atoms with E-state index in [9.17, 15) is 0 Å². The van der Waals surface area contributed by atoms with Crippen LogP contribution in [0.3, 0.4) is 0 Å². The van der Waals surface area contributed by atoms with Crippen LogP contribution >= 0.6 is 0 Å². The molecule has 0 heterocycles. The first-order valence-electron chi connectivity index (χ1n) is 9.69. The van der Waals surface area contributed by atoms with E-state index in [1.54, 1.807) is 7.11 Å². The van der Waals surface area contributed by atoms with Gasteiger partial charge in [0.05, 0.1) is 6.54 Å². The number of nitrogens with one attached hydrogen (secondary N) is 2. The lowest BCUT2D eigenvalue weighted by atomic mass is 10.2. The largest absolute Gasteiger partial charge is 0.492 e. The maximum absolute atomic E-state index is 6.01. The zero-order chi connectivity index (χ0) is 19.0. The molecule has 0 radical (unpaired) electrons. The second-order valence-electron chi connectivity index (χ2n) is 5.95. The molecular formula is C20H36N4O2. The number of likely N-dealkylation sites (N-methyl/N-ethyl adjacent to an activating group) is 1. The zero-order valence-electron chi connectivity index (χ0n) is 16.9. The van der Waals surface area contributed by atoms with Gasteiger partial charge in [0.25, 0.3) is 0 Å². The average Bonchev–Trinajstić information content (AvgIpc) is 2.67. The molecule has 148 valence electrons. The second kappa shape index (κ2) is 14.4. The number of methoxy groups -OCH3 is 1. The zero-order valence-corrected chi connectivity index (χ0v) is 16.9. The molecule has 6 nitrogen and oxygen atoms in total. The van der Waals surface area contributed by atoms with E-state index >= 15 is 0 Å². The molecule has 0 saturated heterocycles. The highest BCUT2D eigenvalue weighted by molar-refractivity contribution is 5.79. The van der Waals surface area contributed by atoms with Gasteiger partial charge >= 0.3 is 0 Å². The van der Waals surface area contributed by atoms with Crippen LogP contribution in [0.15, 0.2) is 29.3 Å². The number of para-hydroxylation sites is 1. The quantitative estimate of drug-likeness (QED) is 0.320. The molecule has 0 aromatic heterocycles. The van der Waals surface area contributed by atoms with E-state index in [0.29, 0.717) is 13.2 Å². The van der Waals surface area contributed by atoms with Crippen LogP contribution in [0.4, 0.5) is 0 Å². The summed E-state index contributed by atoms with van der Waals surface area (Å²) in [6.45, 7) is 13.1. The highest BCUT2D eigenvalue weighted by Crippen LogP contribution is 2.18. The van der Waals surface area contributed by atoms with Crippen molar-refractivity contribution in [3.63, 3.8) is 0 Å². The summed E-state index contributed by atoms with van der Waals surface area (Å²) in [5, 5.41) is 6.60. The molecule has 1 aromatic carbocycles. The number of ether oxygens (including phenoxy) is 2. The molecule has 0 aliphatic carbocycles. The Morgan fingerprint density at radius 2 is 1.85 bits per heavy atom. The minimum absolute atomic E-state index is 0.584. The Morgan fingerprint density at radius 3 is 2.54 bits per heavy atom. The summed E-state index contributed by atoms with van der Waals surface area (Å²) in [5.74, 6) is 1.74. The van der Waals surface area contributed by atoms with Gasteiger partial charge in [0.15, 0.2) is 5.96 Å². The Labute approximate surface area is 159 Å². The number of hydrogen-bond acceptors (Lipinski definition) is 4. The van der Waals surface area contributed by atoms with Crippen LogP contribution in [-0.4, -0.2) is 63.9 Å². The molecule has 26 heavy (non-hydrogen) atoms. The van der Waals surface area contributed by atoms with E-state index in [4.69, 9.17) is 9.47 Å². The van der Waals surface area contributed by atoms with E-state index in [1.807, 2.05) is 18.2 Å². The Hall–Kier alpha value is -1.79. The van der Waals surface area contributed by atoms with Crippen molar-refractivity contribution in [1.29, 1.82) is 0 Å². The monoisotopic (exact) mass is 364 g/mol. The third-order valence-corrected chi connectivity index (χ3v) is 4.10. The maximum atomic E-state index is 6.01. The summed E-state index contributed by atoms with van der Waals surface area (Å²) in [6.07, 6.45) is 0.950.